The van der Waals surface area contributed by atoms with Gasteiger partial charge in [-0.15, -0.1) is 0 Å². The fourth-order valence-electron chi connectivity index (χ4n) is 3.28. The number of nitrogens with two attached hydrogens (primary N) is 1. The largest absolute Gasteiger partial charge is 0.506 e. The minimum Gasteiger partial charge on any atom is -0.506 e. The van der Waals surface area contributed by atoms with Crippen LogP contribution in [0.4, 0.5) is 0 Å². The Labute approximate surface area is 163 Å². The normalized spacial score (nSPS) is 10.9. The maximum atomic E-state index is 13.1. The van der Waals surface area contributed by atoms with Crippen LogP contribution in [0.25, 0.3) is 16.6 Å². The van der Waals surface area contributed by atoms with E-state index in [1.165, 1.54) is 4.57 Å². The molecule has 0 aliphatic carbocycles. The Balaban J connectivity index is 1.97. The van der Waals surface area contributed by atoms with Gasteiger partial charge in [-0.25, -0.2) is 0 Å². The van der Waals surface area contributed by atoms with Gasteiger partial charge in [-0.1, -0.05) is 43.2 Å². The lowest BCUT2D eigenvalue weighted by Crippen LogP contribution is -2.33. The second-order valence-electron chi connectivity index (χ2n) is 6.68. The molecule has 1 aromatic heterocycles. The molecule has 146 valence electrons. The third-order valence-electron chi connectivity index (χ3n) is 4.71. The van der Waals surface area contributed by atoms with Crippen molar-refractivity contribution in [2.75, 3.05) is 13.1 Å². The molecule has 1 heterocycles. The zero-order valence-corrected chi connectivity index (χ0v) is 15.7. The van der Waals surface area contributed by atoms with Crippen LogP contribution in [-0.4, -0.2) is 28.7 Å². The highest BCUT2D eigenvalue weighted by molar-refractivity contribution is 6.02. The van der Waals surface area contributed by atoms with E-state index < -0.39 is 11.5 Å². The van der Waals surface area contributed by atoms with Gasteiger partial charge in [0.1, 0.15) is 11.3 Å². The SMILES string of the molecule is NCCCCCCNC(=O)c1c(O)c2ccccc2n(-c2ccccc2)c1=O. The predicted octanol–water partition coefficient (Wildman–Crippen LogP) is 2.95. The molecule has 3 aromatic rings. The first-order valence-electron chi connectivity index (χ1n) is 9.55. The van der Waals surface area contributed by atoms with Gasteiger partial charge in [0, 0.05) is 17.6 Å². The second-order valence-corrected chi connectivity index (χ2v) is 6.68. The lowest BCUT2D eigenvalue weighted by molar-refractivity contribution is 0.0948. The van der Waals surface area contributed by atoms with Crippen LogP contribution in [0.3, 0.4) is 0 Å². The lowest BCUT2D eigenvalue weighted by atomic mass is 10.1. The molecule has 0 saturated carbocycles. The maximum Gasteiger partial charge on any atom is 0.272 e. The van der Waals surface area contributed by atoms with Gasteiger partial charge in [0.05, 0.1) is 5.52 Å². The quantitative estimate of drug-likeness (QED) is 0.524. The molecule has 0 aliphatic rings. The molecule has 4 N–H and O–H groups in total. The Morgan fingerprint density at radius 1 is 0.964 bits per heavy atom. The van der Waals surface area contributed by atoms with Gasteiger partial charge in [0.15, 0.2) is 0 Å². The number of unbranched alkanes of at least 4 members (excludes halogenated alkanes) is 3. The predicted molar refractivity (Wildman–Crippen MR) is 111 cm³/mol. The number of fused-ring (bicyclic) bond motifs is 1. The highest BCUT2D eigenvalue weighted by Crippen LogP contribution is 2.27. The Hall–Kier alpha value is -3.12. The van der Waals surface area contributed by atoms with Crippen molar-refractivity contribution in [1.29, 1.82) is 0 Å². The summed E-state index contributed by atoms with van der Waals surface area (Å²) in [6.07, 6.45) is 3.72. The van der Waals surface area contributed by atoms with Gasteiger partial charge in [0.2, 0.25) is 0 Å². The Morgan fingerprint density at radius 2 is 1.64 bits per heavy atom. The number of carbonyl (C=O) groups is 1. The van der Waals surface area contributed by atoms with E-state index in [0.717, 1.165) is 25.7 Å². The van der Waals surface area contributed by atoms with Crippen molar-refractivity contribution in [3.63, 3.8) is 0 Å². The monoisotopic (exact) mass is 379 g/mol. The van der Waals surface area contributed by atoms with Crippen LogP contribution in [0.15, 0.2) is 59.4 Å². The standard InChI is InChI=1S/C22H25N3O3/c23-14-8-1-2-9-15-24-21(27)19-20(26)17-12-6-7-13-18(17)25(22(19)28)16-10-4-3-5-11-16/h3-7,10-13,26H,1-2,8-9,14-15,23H2,(H,24,27). The van der Waals surface area contributed by atoms with Crippen molar-refractivity contribution in [2.24, 2.45) is 5.73 Å². The zero-order valence-electron chi connectivity index (χ0n) is 15.7. The molecule has 6 nitrogen and oxygen atoms in total. The summed E-state index contributed by atoms with van der Waals surface area (Å²) in [4.78, 5) is 25.8. The molecule has 28 heavy (non-hydrogen) atoms. The lowest BCUT2D eigenvalue weighted by Gasteiger charge is -2.15. The molecule has 0 radical (unpaired) electrons. The number of hydrogen-bond acceptors (Lipinski definition) is 4. The average Bonchev–Trinajstić information content (AvgIpc) is 2.71. The van der Waals surface area contributed by atoms with Gasteiger partial charge in [-0.2, -0.15) is 0 Å². The summed E-state index contributed by atoms with van der Waals surface area (Å²) in [5, 5.41) is 13.9. The molecule has 3 rings (SSSR count). The smallest absolute Gasteiger partial charge is 0.272 e. The Bertz CT molecular complexity index is 1010. The molecule has 0 spiro atoms. The van der Waals surface area contributed by atoms with Crippen LogP contribution in [0.5, 0.6) is 5.75 Å². The van der Waals surface area contributed by atoms with Gasteiger partial charge in [0.25, 0.3) is 11.5 Å². The molecule has 0 unspecified atom stereocenters. The number of nitrogens with one attached hydrogen (secondary N) is 1. The minimum absolute atomic E-state index is 0.232. The second kappa shape index (κ2) is 9.19. The first kappa shape index (κ1) is 19.6. The van der Waals surface area contributed by atoms with E-state index in [0.29, 0.717) is 29.7 Å². The van der Waals surface area contributed by atoms with Gasteiger partial charge in [-0.05, 0) is 43.7 Å². The van der Waals surface area contributed by atoms with E-state index in [1.807, 2.05) is 18.2 Å². The average molecular weight is 379 g/mol. The number of aromatic hydroxyl groups is 1. The molecule has 2 aromatic carbocycles. The summed E-state index contributed by atoms with van der Waals surface area (Å²) in [7, 11) is 0. The number of carbonyl (C=O) groups excluding carboxylic acids is 1. The minimum atomic E-state index is -0.559. The van der Waals surface area contributed by atoms with Gasteiger partial charge >= 0.3 is 0 Å². The molecule has 6 heteroatoms. The maximum absolute atomic E-state index is 13.1. The van der Waals surface area contributed by atoms with Crippen LogP contribution in [0, 0.1) is 0 Å². The van der Waals surface area contributed by atoms with Crippen LogP contribution in [0.2, 0.25) is 0 Å². The fraction of sp³-hybridized carbons (Fsp3) is 0.273. The van der Waals surface area contributed by atoms with E-state index in [1.54, 1.807) is 36.4 Å². The van der Waals surface area contributed by atoms with Crippen molar-refractivity contribution in [1.82, 2.24) is 9.88 Å². The first-order valence-corrected chi connectivity index (χ1v) is 9.55. The summed E-state index contributed by atoms with van der Waals surface area (Å²) in [5.41, 5.74) is 5.89. The fourth-order valence-corrected chi connectivity index (χ4v) is 3.28. The van der Waals surface area contributed by atoms with Crippen LogP contribution < -0.4 is 16.6 Å². The number of amides is 1. The highest BCUT2D eigenvalue weighted by Gasteiger charge is 2.22. The molecule has 1 amide bonds. The molecule has 0 fully saturated rings. The van der Waals surface area contributed by atoms with E-state index in [2.05, 4.69) is 5.32 Å². The van der Waals surface area contributed by atoms with E-state index in [9.17, 15) is 14.7 Å². The summed E-state index contributed by atoms with van der Waals surface area (Å²) in [6.45, 7) is 1.11. The first-order chi connectivity index (χ1) is 13.6. The highest BCUT2D eigenvalue weighted by atomic mass is 16.3. The molecule has 0 bridgehead atoms. The third kappa shape index (κ3) is 4.07. The molecule has 0 atom stereocenters. The van der Waals surface area contributed by atoms with E-state index >= 15 is 0 Å². The number of nitrogens with zero attached hydrogens (tertiary/aromatic N) is 1. The molecule has 0 aliphatic heterocycles. The number of benzene rings is 2. The van der Waals surface area contributed by atoms with Crippen molar-refractivity contribution >= 4 is 16.8 Å². The van der Waals surface area contributed by atoms with Gasteiger partial charge < -0.3 is 16.2 Å². The molecule has 0 saturated heterocycles. The van der Waals surface area contributed by atoms with Crippen molar-refractivity contribution in [2.45, 2.75) is 25.7 Å². The summed E-state index contributed by atoms with van der Waals surface area (Å²) < 4.78 is 1.46. The third-order valence-corrected chi connectivity index (χ3v) is 4.71. The summed E-state index contributed by atoms with van der Waals surface area (Å²) >= 11 is 0. The zero-order chi connectivity index (χ0) is 19.9. The topological polar surface area (TPSA) is 97.3 Å². The van der Waals surface area contributed by atoms with E-state index in [-0.39, 0.29) is 11.3 Å². The number of aromatic nitrogens is 1. The number of hydrogen-bond donors (Lipinski definition) is 3. The molecular formula is C22H25N3O3. The van der Waals surface area contributed by atoms with Crippen LogP contribution in [0.1, 0.15) is 36.0 Å². The number of rotatable bonds is 8. The van der Waals surface area contributed by atoms with Crippen LogP contribution >= 0.6 is 0 Å². The number of pyridine rings is 1. The van der Waals surface area contributed by atoms with Gasteiger partial charge in [-0.3, -0.25) is 14.2 Å². The van der Waals surface area contributed by atoms with Crippen molar-refractivity contribution < 1.29 is 9.90 Å². The molecular weight excluding hydrogens is 354 g/mol. The Kier molecular flexibility index (Phi) is 6.45. The summed E-state index contributed by atoms with van der Waals surface area (Å²) in [5.74, 6) is -0.842. The number of para-hydroxylation sites is 2. The van der Waals surface area contributed by atoms with Crippen LogP contribution in [-0.2, 0) is 0 Å². The van der Waals surface area contributed by atoms with Crippen molar-refractivity contribution in [3.8, 4) is 11.4 Å². The van der Waals surface area contributed by atoms with Crippen molar-refractivity contribution in [3.05, 3.63) is 70.5 Å². The summed E-state index contributed by atoms with van der Waals surface area (Å²) in [6, 6.07) is 16.1. The Morgan fingerprint density at radius 3 is 2.39 bits per heavy atom. The van der Waals surface area contributed by atoms with E-state index in [4.69, 9.17) is 5.73 Å².